The molecule has 2 aromatic carbocycles. The lowest BCUT2D eigenvalue weighted by atomic mass is 10.0. The van der Waals surface area contributed by atoms with Crippen molar-refractivity contribution in [1.82, 2.24) is 15.0 Å². The molecule has 2 heterocycles. The number of aromatic amines is 1. The van der Waals surface area contributed by atoms with Gasteiger partial charge in [-0.05, 0) is 24.3 Å². The molecule has 0 fully saturated rings. The second-order valence-corrected chi connectivity index (χ2v) is 7.72. The minimum absolute atomic E-state index is 0.0978. The third-order valence-corrected chi connectivity index (χ3v) is 5.01. The van der Waals surface area contributed by atoms with Crippen molar-refractivity contribution in [3.63, 3.8) is 0 Å². The minimum Gasteiger partial charge on any atom is -0.493 e. The van der Waals surface area contributed by atoms with E-state index in [1.807, 2.05) is 0 Å². The number of nitrogens with one attached hydrogen (secondary N) is 1. The highest BCUT2D eigenvalue weighted by Crippen LogP contribution is 2.38. The average molecular weight is 444 g/mol. The van der Waals surface area contributed by atoms with Crippen LogP contribution in [0.5, 0.6) is 17.2 Å². The highest BCUT2D eigenvalue weighted by Gasteiger charge is 2.16. The Bertz CT molecular complexity index is 1350. The molecule has 4 rings (SSSR count). The number of nitrogens with two attached hydrogens (primary N) is 1. The van der Waals surface area contributed by atoms with Gasteiger partial charge in [-0.3, -0.25) is 0 Å². The zero-order chi connectivity index (χ0) is 22.0. The van der Waals surface area contributed by atoms with Crippen molar-refractivity contribution in [3.8, 4) is 28.5 Å². The van der Waals surface area contributed by atoms with Crippen LogP contribution < -0.4 is 18.8 Å². The summed E-state index contributed by atoms with van der Waals surface area (Å²) in [5.41, 5.74) is 2.79. The number of methoxy groups -OCH3 is 2. The summed E-state index contributed by atoms with van der Waals surface area (Å²) < 4.78 is 43.7. The van der Waals surface area contributed by atoms with Crippen molar-refractivity contribution in [2.24, 2.45) is 5.14 Å². The molecule has 0 aliphatic carbocycles. The van der Waals surface area contributed by atoms with Crippen LogP contribution in [0.25, 0.3) is 33.1 Å². The average Bonchev–Trinajstić information content (AvgIpc) is 3.14. The highest BCUT2D eigenvalue weighted by molar-refractivity contribution is 7.84. The number of H-pyrrole nitrogens is 1. The predicted octanol–water partition coefficient (Wildman–Crippen LogP) is 2.39. The summed E-state index contributed by atoms with van der Waals surface area (Å²) in [6.45, 7) is 0.806. The van der Waals surface area contributed by atoms with E-state index in [1.165, 1.54) is 12.4 Å². The van der Waals surface area contributed by atoms with Crippen LogP contribution in [-0.4, -0.2) is 50.8 Å². The lowest BCUT2D eigenvalue weighted by Crippen LogP contribution is -2.18. The Labute approximate surface area is 178 Å². The number of hydrogen-bond acceptors (Lipinski definition) is 8. The molecule has 0 unspecified atom stereocenters. The van der Waals surface area contributed by atoms with Gasteiger partial charge in [0.25, 0.3) is 0 Å². The Kier molecular flexibility index (Phi) is 5.63. The van der Waals surface area contributed by atoms with E-state index in [0.717, 1.165) is 16.5 Å². The summed E-state index contributed by atoms with van der Waals surface area (Å²) in [6.07, 6.45) is 3.23. The fourth-order valence-corrected chi connectivity index (χ4v) is 3.64. The van der Waals surface area contributed by atoms with Gasteiger partial charge in [-0.2, -0.15) is 13.6 Å². The molecule has 0 aliphatic rings. The van der Waals surface area contributed by atoms with Crippen LogP contribution in [0, 0.1) is 0 Å². The summed E-state index contributed by atoms with van der Waals surface area (Å²) in [6, 6.07) is 8.37. The molecule has 4 aromatic rings. The van der Waals surface area contributed by atoms with Crippen LogP contribution in [0.1, 0.15) is 0 Å². The molecule has 11 heteroatoms. The number of benzene rings is 2. The molecule has 0 aliphatic heterocycles. The van der Waals surface area contributed by atoms with Crippen LogP contribution in [0.15, 0.2) is 42.9 Å². The van der Waals surface area contributed by atoms with Gasteiger partial charge >= 0.3 is 10.3 Å². The second kappa shape index (κ2) is 8.38. The number of hydrogen-bond donors (Lipinski definition) is 2. The number of rotatable bonds is 8. The Morgan fingerprint density at radius 3 is 2.61 bits per heavy atom. The first-order chi connectivity index (χ1) is 14.9. The molecular formula is C20H20N4O6S. The molecule has 0 amide bonds. The maximum absolute atomic E-state index is 11.3. The Morgan fingerprint density at radius 1 is 1.03 bits per heavy atom. The smallest absolute Gasteiger partial charge is 0.380 e. The van der Waals surface area contributed by atoms with Gasteiger partial charge in [0.15, 0.2) is 11.5 Å². The fourth-order valence-electron chi connectivity index (χ4n) is 3.27. The Balaban J connectivity index is 1.84. The third-order valence-electron chi connectivity index (χ3n) is 4.59. The Morgan fingerprint density at radius 2 is 1.87 bits per heavy atom. The number of ether oxygens (including phenoxy) is 3. The largest absolute Gasteiger partial charge is 0.493 e. The van der Waals surface area contributed by atoms with Crippen molar-refractivity contribution in [3.05, 3.63) is 42.9 Å². The van der Waals surface area contributed by atoms with Gasteiger partial charge in [-0.15, -0.1) is 0 Å². The number of fused-ring (bicyclic) bond motifs is 2. The molecule has 3 N–H and O–H groups in total. The zero-order valence-electron chi connectivity index (χ0n) is 16.8. The van der Waals surface area contributed by atoms with Crippen LogP contribution in [-0.2, 0) is 15.0 Å². The van der Waals surface area contributed by atoms with Crippen molar-refractivity contribution in [2.45, 2.75) is 0 Å². The molecule has 0 bridgehead atoms. The molecule has 2 aromatic heterocycles. The zero-order valence-corrected chi connectivity index (χ0v) is 17.6. The molecule has 10 nitrogen and oxygen atoms in total. The van der Waals surface area contributed by atoms with Gasteiger partial charge < -0.3 is 23.4 Å². The van der Waals surface area contributed by atoms with E-state index in [9.17, 15) is 8.42 Å². The van der Waals surface area contributed by atoms with Crippen molar-refractivity contribution in [1.29, 1.82) is 0 Å². The van der Waals surface area contributed by atoms with E-state index in [2.05, 4.69) is 15.0 Å². The van der Waals surface area contributed by atoms with E-state index in [4.69, 9.17) is 23.5 Å². The van der Waals surface area contributed by atoms with Crippen molar-refractivity contribution >= 4 is 32.1 Å². The molecular weight excluding hydrogens is 424 g/mol. The lowest BCUT2D eigenvalue weighted by molar-refractivity contribution is 0.144. The summed E-state index contributed by atoms with van der Waals surface area (Å²) in [5.74, 6) is 1.16. The Hall–Kier alpha value is -3.41. The lowest BCUT2D eigenvalue weighted by Gasteiger charge is -2.13. The SMILES string of the molecule is COCCOc1cc2ncnc(-c3c[nH]c4ccc(OS(N)(=O)=O)cc34)c2cc1OC. The van der Waals surface area contributed by atoms with Crippen molar-refractivity contribution in [2.75, 3.05) is 27.4 Å². The molecule has 0 saturated carbocycles. The molecule has 0 atom stereocenters. The van der Waals surface area contributed by atoms with E-state index >= 15 is 0 Å². The maximum Gasteiger partial charge on any atom is 0.380 e. The quantitative estimate of drug-likeness (QED) is 0.395. The van der Waals surface area contributed by atoms with Gasteiger partial charge in [-0.1, -0.05) is 0 Å². The van der Waals surface area contributed by atoms with E-state index in [-0.39, 0.29) is 5.75 Å². The molecule has 162 valence electrons. The third kappa shape index (κ3) is 4.38. The van der Waals surface area contributed by atoms with Crippen LogP contribution >= 0.6 is 0 Å². The first-order valence-corrected chi connectivity index (χ1v) is 10.6. The summed E-state index contributed by atoms with van der Waals surface area (Å²) in [4.78, 5) is 12.0. The predicted molar refractivity (Wildman–Crippen MR) is 114 cm³/mol. The van der Waals surface area contributed by atoms with Crippen LogP contribution in [0.3, 0.4) is 0 Å². The van der Waals surface area contributed by atoms with Crippen LogP contribution in [0.2, 0.25) is 0 Å². The van der Waals surface area contributed by atoms with E-state index in [1.54, 1.807) is 44.7 Å². The maximum atomic E-state index is 11.3. The topological polar surface area (TPSA) is 139 Å². The number of aromatic nitrogens is 3. The highest BCUT2D eigenvalue weighted by atomic mass is 32.2. The summed E-state index contributed by atoms with van der Waals surface area (Å²) >= 11 is 0. The van der Waals surface area contributed by atoms with Gasteiger partial charge in [0.05, 0.1) is 24.9 Å². The second-order valence-electron chi connectivity index (χ2n) is 6.57. The van der Waals surface area contributed by atoms with Crippen molar-refractivity contribution < 1.29 is 26.8 Å². The minimum atomic E-state index is -4.14. The first-order valence-electron chi connectivity index (χ1n) is 9.18. The summed E-state index contributed by atoms with van der Waals surface area (Å²) in [5, 5.41) is 6.43. The molecule has 0 saturated heterocycles. The monoisotopic (exact) mass is 444 g/mol. The molecule has 31 heavy (non-hydrogen) atoms. The molecule has 0 spiro atoms. The normalized spacial score (nSPS) is 11.7. The van der Waals surface area contributed by atoms with Gasteiger partial charge in [0.1, 0.15) is 18.7 Å². The van der Waals surface area contributed by atoms with E-state index < -0.39 is 10.3 Å². The number of nitrogens with zero attached hydrogens (tertiary/aromatic N) is 2. The fraction of sp³-hybridized carbons (Fsp3) is 0.200. The summed E-state index contributed by atoms with van der Waals surface area (Å²) in [7, 11) is -0.989. The first kappa shape index (κ1) is 20.8. The van der Waals surface area contributed by atoms with Gasteiger partial charge in [0.2, 0.25) is 0 Å². The standard InChI is InChI=1S/C20H20N4O6S/c1-27-5-6-29-19-9-17-14(8-18(19)28-2)20(24-11-23-17)15-10-22-16-4-3-12(7-13(15)16)30-31(21,25)26/h3-4,7-11,22H,5-6H2,1-2H3,(H2,21,25,26). The molecule has 0 radical (unpaired) electrons. The van der Waals surface area contributed by atoms with E-state index in [0.29, 0.717) is 41.3 Å². The van der Waals surface area contributed by atoms with Crippen LogP contribution in [0.4, 0.5) is 0 Å². The van der Waals surface area contributed by atoms with Gasteiger partial charge in [0, 0.05) is 41.2 Å². The van der Waals surface area contributed by atoms with Gasteiger partial charge in [-0.25, -0.2) is 9.97 Å².